The molecule has 1 aromatic heterocycles. The number of anilines is 1. The van der Waals surface area contributed by atoms with Crippen molar-refractivity contribution in [2.45, 2.75) is 25.9 Å². The van der Waals surface area contributed by atoms with Gasteiger partial charge in [0.05, 0.1) is 24.9 Å². The molecule has 0 aliphatic rings. The van der Waals surface area contributed by atoms with Crippen molar-refractivity contribution in [3.05, 3.63) is 82.0 Å². The molecule has 30 heavy (non-hydrogen) atoms. The number of thiophene rings is 1. The van der Waals surface area contributed by atoms with Gasteiger partial charge in [0.1, 0.15) is 11.8 Å². The predicted molar refractivity (Wildman–Crippen MR) is 121 cm³/mol. The SMILES string of the molecule is COc1ccc(CN(CC(=O)Nc2ccccc2C#N)[C@H](C)Cc2cccs2)cc1. The second kappa shape index (κ2) is 10.6. The first kappa shape index (κ1) is 21.6. The molecule has 154 valence electrons. The van der Waals surface area contributed by atoms with E-state index in [-0.39, 0.29) is 18.5 Å². The fourth-order valence-corrected chi connectivity index (χ4v) is 4.07. The maximum Gasteiger partial charge on any atom is 0.238 e. The Morgan fingerprint density at radius 2 is 1.93 bits per heavy atom. The van der Waals surface area contributed by atoms with E-state index in [1.807, 2.05) is 36.4 Å². The summed E-state index contributed by atoms with van der Waals surface area (Å²) in [4.78, 5) is 16.3. The van der Waals surface area contributed by atoms with E-state index in [1.165, 1.54) is 4.88 Å². The minimum atomic E-state index is -0.135. The Balaban J connectivity index is 1.73. The van der Waals surface area contributed by atoms with Crippen molar-refractivity contribution in [2.24, 2.45) is 0 Å². The normalized spacial score (nSPS) is 11.7. The summed E-state index contributed by atoms with van der Waals surface area (Å²) in [6.45, 7) is 3.02. The van der Waals surface area contributed by atoms with Gasteiger partial charge < -0.3 is 10.1 Å². The second-order valence-electron chi connectivity index (χ2n) is 7.09. The highest BCUT2D eigenvalue weighted by Crippen LogP contribution is 2.19. The van der Waals surface area contributed by atoms with Crippen LogP contribution in [0.25, 0.3) is 0 Å². The Kier molecular flexibility index (Phi) is 7.61. The average molecular weight is 420 g/mol. The number of rotatable bonds is 9. The summed E-state index contributed by atoms with van der Waals surface area (Å²) < 4.78 is 5.24. The fourth-order valence-electron chi connectivity index (χ4n) is 3.25. The van der Waals surface area contributed by atoms with Crippen LogP contribution in [0.2, 0.25) is 0 Å². The van der Waals surface area contributed by atoms with E-state index in [9.17, 15) is 10.1 Å². The van der Waals surface area contributed by atoms with Crippen LogP contribution in [0.5, 0.6) is 5.75 Å². The Morgan fingerprint density at radius 1 is 1.17 bits per heavy atom. The average Bonchev–Trinajstić information content (AvgIpc) is 3.27. The summed E-state index contributed by atoms with van der Waals surface area (Å²) in [5, 5.41) is 14.2. The van der Waals surface area contributed by atoms with E-state index >= 15 is 0 Å². The monoisotopic (exact) mass is 419 g/mol. The molecule has 2 aromatic carbocycles. The lowest BCUT2D eigenvalue weighted by atomic mass is 10.1. The van der Waals surface area contributed by atoms with Crippen LogP contribution in [0.1, 0.15) is 22.9 Å². The van der Waals surface area contributed by atoms with Crippen molar-refractivity contribution in [3.63, 3.8) is 0 Å². The van der Waals surface area contributed by atoms with Gasteiger partial charge in [-0.05, 0) is 54.6 Å². The van der Waals surface area contributed by atoms with Crippen molar-refractivity contribution < 1.29 is 9.53 Å². The molecule has 0 saturated carbocycles. The van der Waals surface area contributed by atoms with Gasteiger partial charge in [-0.15, -0.1) is 11.3 Å². The molecule has 0 radical (unpaired) electrons. The Hall–Kier alpha value is -3.14. The van der Waals surface area contributed by atoms with E-state index < -0.39 is 0 Å². The number of amides is 1. The zero-order chi connectivity index (χ0) is 21.3. The lowest BCUT2D eigenvalue weighted by Gasteiger charge is -2.28. The van der Waals surface area contributed by atoms with Gasteiger partial charge in [0, 0.05) is 17.5 Å². The molecule has 0 aliphatic heterocycles. The van der Waals surface area contributed by atoms with Crippen LogP contribution in [0, 0.1) is 11.3 Å². The van der Waals surface area contributed by atoms with Crippen molar-refractivity contribution in [1.29, 1.82) is 5.26 Å². The zero-order valence-electron chi connectivity index (χ0n) is 17.2. The van der Waals surface area contributed by atoms with Gasteiger partial charge in [-0.3, -0.25) is 9.69 Å². The highest BCUT2D eigenvalue weighted by molar-refractivity contribution is 7.09. The Labute approximate surface area is 181 Å². The zero-order valence-corrected chi connectivity index (χ0v) is 18.0. The molecule has 1 amide bonds. The largest absolute Gasteiger partial charge is 0.497 e. The smallest absolute Gasteiger partial charge is 0.238 e. The molecule has 0 bridgehead atoms. The first-order chi connectivity index (χ1) is 14.6. The van der Waals surface area contributed by atoms with Crippen LogP contribution in [-0.4, -0.2) is 30.5 Å². The van der Waals surface area contributed by atoms with Crippen LogP contribution >= 0.6 is 11.3 Å². The number of carbonyl (C=O) groups is 1. The van der Waals surface area contributed by atoms with E-state index in [0.29, 0.717) is 17.8 Å². The van der Waals surface area contributed by atoms with Gasteiger partial charge in [-0.25, -0.2) is 0 Å². The molecular formula is C24H25N3O2S. The molecule has 3 rings (SSSR count). The van der Waals surface area contributed by atoms with E-state index in [2.05, 4.69) is 34.7 Å². The van der Waals surface area contributed by atoms with Gasteiger partial charge in [-0.1, -0.05) is 30.3 Å². The van der Waals surface area contributed by atoms with Gasteiger partial charge in [0.2, 0.25) is 5.91 Å². The van der Waals surface area contributed by atoms with E-state index in [0.717, 1.165) is 17.7 Å². The first-order valence-corrected chi connectivity index (χ1v) is 10.7. The third kappa shape index (κ3) is 5.93. The fraction of sp³-hybridized carbons (Fsp3) is 0.250. The third-order valence-corrected chi connectivity index (χ3v) is 5.81. The Morgan fingerprint density at radius 3 is 2.60 bits per heavy atom. The van der Waals surface area contributed by atoms with Gasteiger partial charge in [-0.2, -0.15) is 5.26 Å². The number of nitrogens with zero attached hydrogens (tertiary/aromatic N) is 2. The van der Waals surface area contributed by atoms with E-state index in [4.69, 9.17) is 4.74 Å². The maximum atomic E-state index is 12.8. The van der Waals surface area contributed by atoms with Crippen LogP contribution < -0.4 is 10.1 Å². The number of hydrogen-bond donors (Lipinski definition) is 1. The predicted octanol–water partition coefficient (Wildman–Crippen LogP) is 4.70. The molecule has 5 nitrogen and oxygen atoms in total. The van der Waals surface area contributed by atoms with Crippen molar-refractivity contribution >= 4 is 22.9 Å². The lowest BCUT2D eigenvalue weighted by molar-refractivity contribution is -0.118. The van der Waals surface area contributed by atoms with Gasteiger partial charge >= 0.3 is 0 Å². The topological polar surface area (TPSA) is 65.4 Å². The van der Waals surface area contributed by atoms with Crippen molar-refractivity contribution in [2.75, 3.05) is 19.0 Å². The molecule has 0 spiro atoms. The number of para-hydroxylation sites is 1. The highest BCUT2D eigenvalue weighted by Gasteiger charge is 2.19. The molecular weight excluding hydrogens is 394 g/mol. The van der Waals surface area contributed by atoms with Crippen molar-refractivity contribution in [3.8, 4) is 11.8 Å². The van der Waals surface area contributed by atoms with Crippen LogP contribution in [-0.2, 0) is 17.8 Å². The summed E-state index contributed by atoms with van der Waals surface area (Å²) in [7, 11) is 1.65. The second-order valence-corrected chi connectivity index (χ2v) is 8.12. The molecule has 3 aromatic rings. The number of carbonyl (C=O) groups excluding carboxylic acids is 1. The molecule has 1 atom stereocenters. The standard InChI is InChI=1S/C24H25N3O2S/c1-18(14-22-7-5-13-30-22)27(16-19-9-11-21(29-2)12-10-19)17-24(28)26-23-8-4-3-6-20(23)15-25/h3-13,18H,14,16-17H2,1-2H3,(H,26,28)/t18-/m1/s1. The molecule has 6 heteroatoms. The highest BCUT2D eigenvalue weighted by atomic mass is 32.1. The molecule has 0 fully saturated rings. The van der Waals surface area contributed by atoms with Gasteiger partial charge in [0.25, 0.3) is 0 Å². The maximum absolute atomic E-state index is 12.8. The molecule has 0 aliphatic carbocycles. The molecule has 0 unspecified atom stereocenters. The third-order valence-electron chi connectivity index (χ3n) is 4.91. The molecule has 0 saturated heterocycles. The number of nitriles is 1. The summed E-state index contributed by atoms with van der Waals surface area (Å²) in [5.41, 5.74) is 2.11. The van der Waals surface area contributed by atoms with Gasteiger partial charge in [0.15, 0.2) is 0 Å². The molecule has 1 heterocycles. The number of nitrogens with one attached hydrogen (secondary N) is 1. The number of hydrogen-bond acceptors (Lipinski definition) is 5. The number of benzene rings is 2. The quantitative estimate of drug-likeness (QED) is 0.546. The minimum Gasteiger partial charge on any atom is -0.497 e. The number of ether oxygens (including phenoxy) is 1. The Bertz CT molecular complexity index is 994. The summed E-state index contributed by atoms with van der Waals surface area (Å²) in [6, 6.07) is 21.4. The molecule has 1 N–H and O–H groups in total. The van der Waals surface area contributed by atoms with Crippen molar-refractivity contribution in [1.82, 2.24) is 4.90 Å². The van der Waals surface area contributed by atoms with Crippen LogP contribution in [0.4, 0.5) is 5.69 Å². The van der Waals surface area contributed by atoms with E-state index in [1.54, 1.807) is 36.6 Å². The summed E-state index contributed by atoms with van der Waals surface area (Å²) >= 11 is 1.73. The summed E-state index contributed by atoms with van der Waals surface area (Å²) in [6.07, 6.45) is 0.871. The lowest BCUT2D eigenvalue weighted by Crippen LogP contribution is -2.40. The van der Waals surface area contributed by atoms with Crippen LogP contribution in [0.15, 0.2) is 66.0 Å². The van der Waals surface area contributed by atoms with Crippen LogP contribution in [0.3, 0.4) is 0 Å². The number of methoxy groups -OCH3 is 1. The summed E-state index contributed by atoms with van der Waals surface area (Å²) in [5.74, 6) is 0.673. The minimum absolute atomic E-state index is 0.135. The first-order valence-electron chi connectivity index (χ1n) is 9.77.